The summed E-state index contributed by atoms with van der Waals surface area (Å²) in [5, 5.41) is 6.43. The van der Waals surface area contributed by atoms with Crippen molar-refractivity contribution in [3.8, 4) is 0 Å². The van der Waals surface area contributed by atoms with Crippen molar-refractivity contribution in [3.63, 3.8) is 0 Å². The van der Waals surface area contributed by atoms with E-state index in [1.54, 1.807) is 12.1 Å². The number of hydrogen-bond donors (Lipinski definition) is 2. The number of nitrogens with one attached hydrogen (secondary N) is 2. The number of halogens is 2. The van der Waals surface area contributed by atoms with Gasteiger partial charge < -0.3 is 20.1 Å². The molecule has 1 fully saturated rings. The first-order valence-electron chi connectivity index (χ1n) is 8.74. The highest BCUT2D eigenvalue weighted by atomic mass is 127. The standard InChI is InChI=1S/C18H28FN3O2.HI/c1-2-20-18(22-14-15-6-3-4-7-17(15)19)21-10-5-11-24-16-8-12-23-13-9-16;/h3-4,6-7,16H,2,5,8-14H2,1H3,(H2,20,21,22);1H. The van der Waals surface area contributed by atoms with Crippen LogP contribution < -0.4 is 10.6 Å². The Kier molecular flexibility index (Phi) is 11.8. The third-order valence-corrected chi connectivity index (χ3v) is 3.85. The smallest absolute Gasteiger partial charge is 0.191 e. The lowest BCUT2D eigenvalue weighted by atomic mass is 10.1. The second-order valence-electron chi connectivity index (χ2n) is 5.75. The average Bonchev–Trinajstić information content (AvgIpc) is 2.61. The van der Waals surface area contributed by atoms with Gasteiger partial charge in [-0.25, -0.2) is 9.38 Å². The normalized spacial score (nSPS) is 15.5. The van der Waals surface area contributed by atoms with Gasteiger partial charge in [0.25, 0.3) is 0 Å². The van der Waals surface area contributed by atoms with Crippen molar-refractivity contribution < 1.29 is 13.9 Å². The van der Waals surface area contributed by atoms with Gasteiger partial charge >= 0.3 is 0 Å². The van der Waals surface area contributed by atoms with E-state index in [1.807, 2.05) is 13.0 Å². The Labute approximate surface area is 166 Å². The Bertz CT molecular complexity index is 511. The summed E-state index contributed by atoms with van der Waals surface area (Å²) in [7, 11) is 0. The molecule has 2 rings (SSSR count). The van der Waals surface area contributed by atoms with Crippen molar-refractivity contribution >= 4 is 29.9 Å². The van der Waals surface area contributed by atoms with Crippen LogP contribution in [-0.4, -0.2) is 45.0 Å². The maximum atomic E-state index is 13.6. The minimum absolute atomic E-state index is 0. The molecule has 0 aliphatic carbocycles. The molecule has 142 valence electrons. The van der Waals surface area contributed by atoms with Crippen molar-refractivity contribution in [3.05, 3.63) is 35.6 Å². The maximum absolute atomic E-state index is 13.6. The van der Waals surface area contributed by atoms with E-state index in [0.717, 1.165) is 52.2 Å². The van der Waals surface area contributed by atoms with Crippen LogP contribution in [0.5, 0.6) is 0 Å². The van der Waals surface area contributed by atoms with Crippen LogP contribution in [0.25, 0.3) is 0 Å². The summed E-state index contributed by atoms with van der Waals surface area (Å²) in [4.78, 5) is 4.43. The SMILES string of the molecule is CCNC(=NCc1ccccc1F)NCCCOC1CCOCC1.I. The number of rotatable bonds is 8. The molecule has 0 spiro atoms. The zero-order valence-electron chi connectivity index (χ0n) is 14.8. The van der Waals surface area contributed by atoms with Crippen LogP contribution >= 0.6 is 24.0 Å². The van der Waals surface area contributed by atoms with Crippen molar-refractivity contribution in [1.82, 2.24) is 10.6 Å². The lowest BCUT2D eigenvalue weighted by molar-refractivity contribution is -0.0320. The van der Waals surface area contributed by atoms with Crippen LogP contribution in [-0.2, 0) is 16.0 Å². The molecule has 5 nitrogen and oxygen atoms in total. The third-order valence-electron chi connectivity index (χ3n) is 3.85. The lowest BCUT2D eigenvalue weighted by Gasteiger charge is -2.22. The number of nitrogens with zero attached hydrogens (tertiary/aromatic N) is 1. The molecule has 1 heterocycles. The Morgan fingerprint density at radius 2 is 2.04 bits per heavy atom. The van der Waals surface area contributed by atoms with Crippen molar-refractivity contribution in [1.29, 1.82) is 0 Å². The molecule has 1 aliphatic heterocycles. The first-order valence-corrected chi connectivity index (χ1v) is 8.74. The Balaban J connectivity index is 0.00000312. The zero-order chi connectivity index (χ0) is 17.0. The fourth-order valence-electron chi connectivity index (χ4n) is 2.50. The van der Waals surface area contributed by atoms with E-state index in [2.05, 4.69) is 15.6 Å². The molecule has 7 heteroatoms. The van der Waals surface area contributed by atoms with E-state index in [0.29, 0.717) is 24.2 Å². The van der Waals surface area contributed by atoms with Gasteiger partial charge in [0.1, 0.15) is 5.82 Å². The fourth-order valence-corrected chi connectivity index (χ4v) is 2.50. The second kappa shape index (κ2) is 13.3. The highest BCUT2D eigenvalue weighted by Gasteiger charge is 2.13. The highest BCUT2D eigenvalue weighted by Crippen LogP contribution is 2.10. The quantitative estimate of drug-likeness (QED) is 0.268. The number of guanidine groups is 1. The summed E-state index contributed by atoms with van der Waals surface area (Å²) in [6.45, 7) is 6.19. The maximum Gasteiger partial charge on any atom is 0.191 e. The minimum atomic E-state index is -0.220. The summed E-state index contributed by atoms with van der Waals surface area (Å²) in [5.74, 6) is 0.480. The highest BCUT2D eigenvalue weighted by molar-refractivity contribution is 14.0. The van der Waals surface area contributed by atoms with Crippen molar-refractivity contribution in [2.75, 3.05) is 32.9 Å². The zero-order valence-corrected chi connectivity index (χ0v) is 17.1. The molecule has 0 radical (unpaired) electrons. The molecule has 0 unspecified atom stereocenters. The van der Waals surface area contributed by atoms with E-state index in [4.69, 9.17) is 9.47 Å². The lowest BCUT2D eigenvalue weighted by Crippen LogP contribution is -2.38. The van der Waals surface area contributed by atoms with Crippen LogP contribution in [0, 0.1) is 5.82 Å². The van der Waals surface area contributed by atoms with E-state index in [-0.39, 0.29) is 29.8 Å². The molecule has 2 N–H and O–H groups in total. The first-order chi connectivity index (χ1) is 11.8. The van der Waals surface area contributed by atoms with E-state index in [9.17, 15) is 4.39 Å². The molecule has 0 atom stereocenters. The second-order valence-corrected chi connectivity index (χ2v) is 5.75. The van der Waals surface area contributed by atoms with Crippen LogP contribution in [0.15, 0.2) is 29.3 Å². The first kappa shape index (κ1) is 22.1. The van der Waals surface area contributed by atoms with E-state index in [1.165, 1.54) is 6.07 Å². The summed E-state index contributed by atoms with van der Waals surface area (Å²) in [5.41, 5.74) is 0.595. The number of benzene rings is 1. The molecule has 1 saturated heterocycles. The van der Waals surface area contributed by atoms with Gasteiger partial charge in [0.05, 0.1) is 12.6 Å². The molecule has 0 bridgehead atoms. The van der Waals surface area contributed by atoms with Crippen LogP contribution in [0.3, 0.4) is 0 Å². The Morgan fingerprint density at radius 3 is 2.76 bits per heavy atom. The van der Waals surface area contributed by atoms with Crippen LogP contribution in [0.2, 0.25) is 0 Å². The average molecular weight is 465 g/mol. The number of ether oxygens (including phenoxy) is 2. The summed E-state index contributed by atoms with van der Waals surface area (Å²) in [6.07, 6.45) is 3.21. The third kappa shape index (κ3) is 8.82. The number of hydrogen-bond acceptors (Lipinski definition) is 3. The molecule has 0 saturated carbocycles. The topological polar surface area (TPSA) is 54.9 Å². The molecular formula is C18H29FIN3O2. The molecule has 1 aromatic carbocycles. The fraction of sp³-hybridized carbons (Fsp3) is 0.611. The monoisotopic (exact) mass is 465 g/mol. The molecule has 0 amide bonds. The van der Waals surface area contributed by atoms with Crippen LogP contribution in [0.1, 0.15) is 31.7 Å². The van der Waals surface area contributed by atoms with E-state index < -0.39 is 0 Å². The van der Waals surface area contributed by atoms with Gasteiger partial charge in [-0.05, 0) is 32.3 Å². The van der Waals surface area contributed by atoms with Gasteiger partial charge in [-0.15, -0.1) is 24.0 Å². The van der Waals surface area contributed by atoms with Gasteiger partial charge in [-0.1, -0.05) is 18.2 Å². The van der Waals surface area contributed by atoms with Crippen molar-refractivity contribution in [2.45, 2.75) is 38.8 Å². The molecule has 1 aliphatic rings. The number of aliphatic imine (C=N–C) groups is 1. The molecule has 0 aromatic heterocycles. The predicted molar refractivity (Wildman–Crippen MR) is 109 cm³/mol. The van der Waals surface area contributed by atoms with Crippen LogP contribution in [0.4, 0.5) is 4.39 Å². The molecule has 1 aromatic rings. The van der Waals surface area contributed by atoms with Gasteiger partial charge in [-0.2, -0.15) is 0 Å². The van der Waals surface area contributed by atoms with Gasteiger partial charge in [0.15, 0.2) is 5.96 Å². The predicted octanol–water partition coefficient (Wildman–Crippen LogP) is 3.08. The van der Waals surface area contributed by atoms with Gasteiger partial charge in [-0.3, -0.25) is 0 Å². The Morgan fingerprint density at radius 1 is 1.28 bits per heavy atom. The van der Waals surface area contributed by atoms with Gasteiger partial charge in [0.2, 0.25) is 0 Å². The van der Waals surface area contributed by atoms with Crippen molar-refractivity contribution in [2.24, 2.45) is 4.99 Å². The minimum Gasteiger partial charge on any atom is -0.381 e. The van der Waals surface area contributed by atoms with E-state index >= 15 is 0 Å². The Hall–Kier alpha value is -0.930. The largest absolute Gasteiger partial charge is 0.381 e. The van der Waals surface area contributed by atoms with Gasteiger partial charge in [0, 0.05) is 38.5 Å². The summed E-state index contributed by atoms with van der Waals surface area (Å²) in [6, 6.07) is 6.72. The summed E-state index contributed by atoms with van der Waals surface area (Å²) < 4.78 is 24.8. The molecule has 25 heavy (non-hydrogen) atoms. The summed E-state index contributed by atoms with van der Waals surface area (Å²) >= 11 is 0. The molecular weight excluding hydrogens is 436 g/mol.